The van der Waals surface area contributed by atoms with Crippen LogP contribution in [0.15, 0.2) is 53.0 Å². The van der Waals surface area contributed by atoms with Gasteiger partial charge in [-0.1, -0.05) is 57.9 Å². The van der Waals surface area contributed by atoms with Crippen molar-refractivity contribution in [2.75, 3.05) is 0 Å². The average Bonchev–Trinajstić information content (AvgIpc) is 2.41. The summed E-state index contributed by atoms with van der Waals surface area (Å²) in [6, 6.07) is 14.0. The zero-order valence-electron chi connectivity index (χ0n) is 9.70. The Morgan fingerprint density at radius 2 is 1.84 bits per heavy atom. The Kier molecular flexibility index (Phi) is 4.36. The lowest BCUT2D eigenvalue weighted by Gasteiger charge is -2.10. The molecule has 0 amide bonds. The lowest BCUT2D eigenvalue weighted by Crippen LogP contribution is -1.94. The van der Waals surface area contributed by atoms with Crippen LogP contribution in [0.3, 0.4) is 0 Å². The summed E-state index contributed by atoms with van der Waals surface area (Å²) < 4.78 is 14.9. The van der Waals surface area contributed by atoms with Gasteiger partial charge in [0, 0.05) is 21.7 Å². The predicted molar refractivity (Wildman–Crippen MR) is 78.2 cm³/mol. The Morgan fingerprint density at radius 3 is 2.53 bits per heavy atom. The predicted octanol–water partition coefficient (Wildman–Crippen LogP) is 5.20. The van der Waals surface area contributed by atoms with E-state index < -0.39 is 5.82 Å². The topological polar surface area (TPSA) is 23.8 Å². The van der Waals surface area contributed by atoms with Gasteiger partial charge in [0.1, 0.15) is 5.82 Å². The zero-order chi connectivity index (χ0) is 13.8. The van der Waals surface area contributed by atoms with Crippen molar-refractivity contribution in [3.63, 3.8) is 0 Å². The van der Waals surface area contributed by atoms with Crippen molar-refractivity contribution in [2.24, 2.45) is 0 Å². The first-order valence-electron chi connectivity index (χ1n) is 5.44. The number of nitrogens with zero attached hydrogens (tertiary/aromatic N) is 1. The van der Waals surface area contributed by atoms with Crippen LogP contribution in [-0.2, 0) is 0 Å². The average molecular weight is 337 g/mol. The molecule has 0 N–H and O–H groups in total. The highest BCUT2D eigenvalue weighted by Gasteiger charge is 2.14. The largest absolute Gasteiger partial charge is 0.205 e. The van der Waals surface area contributed by atoms with Crippen LogP contribution in [0, 0.1) is 17.1 Å². The third kappa shape index (κ3) is 2.86. The number of nitriles is 1. The molecular weight excluding hydrogens is 329 g/mol. The number of halogens is 3. The molecular formula is C15H8BrClFN. The molecule has 94 valence electrons. The lowest BCUT2D eigenvalue weighted by molar-refractivity contribution is 0.624. The molecule has 0 aromatic heterocycles. The molecule has 0 saturated carbocycles. The fourth-order valence-corrected chi connectivity index (χ4v) is 2.43. The van der Waals surface area contributed by atoms with Crippen LogP contribution in [0.1, 0.15) is 11.1 Å². The van der Waals surface area contributed by atoms with Gasteiger partial charge in [0.2, 0.25) is 0 Å². The number of benzene rings is 2. The second-order valence-electron chi connectivity index (χ2n) is 3.77. The van der Waals surface area contributed by atoms with Crippen LogP contribution in [0.2, 0.25) is 5.02 Å². The molecule has 2 rings (SSSR count). The molecule has 0 radical (unpaired) electrons. The zero-order valence-corrected chi connectivity index (χ0v) is 12.0. The van der Waals surface area contributed by atoms with Gasteiger partial charge in [0.15, 0.2) is 0 Å². The molecule has 0 aliphatic rings. The van der Waals surface area contributed by atoms with E-state index >= 15 is 0 Å². The summed E-state index contributed by atoms with van der Waals surface area (Å²) in [5.41, 5.74) is 1.54. The Hall–Kier alpha value is -1.63. The summed E-state index contributed by atoms with van der Waals surface area (Å²) >= 11 is 9.19. The van der Waals surface area contributed by atoms with E-state index in [9.17, 15) is 4.39 Å². The SMILES string of the molecule is N#C/C=C(\c1ccccc1Br)c1cccc(Cl)c1F. The number of hydrogen-bond acceptors (Lipinski definition) is 1. The minimum absolute atomic E-state index is 0.0355. The fraction of sp³-hybridized carbons (Fsp3) is 0. The van der Waals surface area contributed by atoms with Crippen molar-refractivity contribution >= 4 is 33.1 Å². The highest BCUT2D eigenvalue weighted by Crippen LogP contribution is 2.32. The Morgan fingerprint density at radius 1 is 1.16 bits per heavy atom. The minimum atomic E-state index is -0.526. The summed E-state index contributed by atoms with van der Waals surface area (Å²) in [5, 5.41) is 8.95. The first-order valence-corrected chi connectivity index (χ1v) is 6.61. The second kappa shape index (κ2) is 6.01. The van der Waals surface area contributed by atoms with E-state index in [4.69, 9.17) is 16.9 Å². The van der Waals surface area contributed by atoms with Crippen molar-refractivity contribution < 1.29 is 4.39 Å². The van der Waals surface area contributed by atoms with Crippen molar-refractivity contribution in [2.45, 2.75) is 0 Å². The standard InChI is InChI=1S/C15H8BrClFN/c16-13-6-2-1-4-11(13)10(8-9-19)12-5-3-7-14(17)15(12)18/h1-8H/b10-8+. The number of rotatable bonds is 2. The molecule has 0 spiro atoms. The summed E-state index contributed by atoms with van der Waals surface area (Å²) in [5.74, 6) is -0.526. The molecule has 19 heavy (non-hydrogen) atoms. The molecule has 4 heteroatoms. The number of hydrogen-bond donors (Lipinski definition) is 0. The molecule has 0 aliphatic heterocycles. The number of allylic oxidation sites excluding steroid dienone is 1. The second-order valence-corrected chi connectivity index (χ2v) is 5.03. The Bertz CT molecular complexity index is 689. The van der Waals surface area contributed by atoms with E-state index in [1.165, 1.54) is 12.1 Å². The molecule has 2 aromatic carbocycles. The molecule has 0 saturated heterocycles. The lowest BCUT2D eigenvalue weighted by atomic mass is 9.97. The molecule has 0 bridgehead atoms. The van der Waals surface area contributed by atoms with Gasteiger partial charge >= 0.3 is 0 Å². The summed E-state index contributed by atoms with van der Waals surface area (Å²) in [6.45, 7) is 0. The van der Waals surface area contributed by atoms with Gasteiger partial charge in [-0.15, -0.1) is 0 Å². The van der Waals surface area contributed by atoms with Gasteiger partial charge in [-0.3, -0.25) is 0 Å². The van der Waals surface area contributed by atoms with Crippen LogP contribution in [0.25, 0.3) is 5.57 Å². The maximum Gasteiger partial charge on any atom is 0.149 e. The van der Waals surface area contributed by atoms with Gasteiger partial charge in [-0.25, -0.2) is 4.39 Å². The summed E-state index contributed by atoms with van der Waals surface area (Å²) in [6.07, 6.45) is 1.31. The van der Waals surface area contributed by atoms with E-state index in [-0.39, 0.29) is 5.02 Å². The van der Waals surface area contributed by atoms with Crippen LogP contribution in [-0.4, -0.2) is 0 Å². The first kappa shape index (κ1) is 13.8. The van der Waals surface area contributed by atoms with E-state index in [0.717, 1.165) is 10.0 Å². The maximum absolute atomic E-state index is 14.1. The van der Waals surface area contributed by atoms with Crippen molar-refractivity contribution in [1.82, 2.24) is 0 Å². The van der Waals surface area contributed by atoms with Gasteiger partial charge in [-0.05, 0) is 17.7 Å². The minimum Gasteiger partial charge on any atom is -0.205 e. The molecule has 0 atom stereocenters. The normalized spacial score (nSPS) is 11.2. The van der Waals surface area contributed by atoms with Crippen LogP contribution >= 0.6 is 27.5 Å². The maximum atomic E-state index is 14.1. The monoisotopic (exact) mass is 335 g/mol. The van der Waals surface area contributed by atoms with Gasteiger partial charge in [0.05, 0.1) is 11.1 Å². The quantitative estimate of drug-likeness (QED) is 0.692. The highest BCUT2D eigenvalue weighted by atomic mass is 79.9. The molecule has 2 aromatic rings. The molecule has 0 aliphatic carbocycles. The van der Waals surface area contributed by atoms with Crippen molar-refractivity contribution in [1.29, 1.82) is 5.26 Å². The molecule has 1 nitrogen and oxygen atoms in total. The van der Waals surface area contributed by atoms with Crippen LogP contribution < -0.4 is 0 Å². The van der Waals surface area contributed by atoms with E-state index in [1.54, 1.807) is 12.1 Å². The summed E-state index contributed by atoms with van der Waals surface area (Å²) in [4.78, 5) is 0. The molecule has 0 unspecified atom stereocenters. The van der Waals surface area contributed by atoms with Crippen molar-refractivity contribution in [3.05, 3.63) is 75.0 Å². The first-order chi connectivity index (χ1) is 9.15. The summed E-state index contributed by atoms with van der Waals surface area (Å²) in [7, 11) is 0. The van der Waals surface area contributed by atoms with Crippen LogP contribution in [0.4, 0.5) is 4.39 Å². The fourth-order valence-electron chi connectivity index (χ4n) is 1.76. The molecule has 0 fully saturated rings. The third-order valence-electron chi connectivity index (χ3n) is 2.61. The van der Waals surface area contributed by atoms with E-state index in [2.05, 4.69) is 15.9 Å². The van der Waals surface area contributed by atoms with Crippen molar-refractivity contribution in [3.8, 4) is 6.07 Å². The third-order valence-corrected chi connectivity index (χ3v) is 3.60. The van der Waals surface area contributed by atoms with Gasteiger partial charge in [0.25, 0.3) is 0 Å². The Balaban J connectivity index is 2.67. The smallest absolute Gasteiger partial charge is 0.149 e. The Labute approximate surface area is 124 Å². The van der Waals surface area contributed by atoms with Crippen LogP contribution in [0.5, 0.6) is 0 Å². The van der Waals surface area contributed by atoms with E-state index in [1.807, 2.05) is 30.3 Å². The van der Waals surface area contributed by atoms with E-state index in [0.29, 0.717) is 11.1 Å². The van der Waals surface area contributed by atoms with Gasteiger partial charge in [-0.2, -0.15) is 5.26 Å². The molecule has 0 heterocycles. The highest BCUT2D eigenvalue weighted by molar-refractivity contribution is 9.10. The van der Waals surface area contributed by atoms with Gasteiger partial charge < -0.3 is 0 Å².